The highest BCUT2D eigenvalue weighted by molar-refractivity contribution is 5.89. The molecular formula is C17H20O6. The predicted molar refractivity (Wildman–Crippen MR) is 78.7 cm³/mol. The molecule has 0 amide bonds. The molecule has 1 saturated carbocycles. The van der Waals surface area contributed by atoms with Crippen LogP contribution in [-0.4, -0.2) is 49.1 Å². The maximum atomic E-state index is 12.2. The van der Waals surface area contributed by atoms with Crippen molar-refractivity contribution in [1.29, 1.82) is 0 Å². The summed E-state index contributed by atoms with van der Waals surface area (Å²) in [5.74, 6) is -1.05. The molecule has 0 aromatic heterocycles. The zero-order chi connectivity index (χ0) is 16.2. The number of hydrogen-bond donors (Lipinski definition) is 0. The summed E-state index contributed by atoms with van der Waals surface area (Å²) >= 11 is 0. The van der Waals surface area contributed by atoms with E-state index in [4.69, 9.17) is 23.7 Å². The number of esters is 1. The minimum Gasteiger partial charge on any atom is -0.455 e. The van der Waals surface area contributed by atoms with E-state index in [-0.39, 0.29) is 24.3 Å². The van der Waals surface area contributed by atoms with E-state index in [1.54, 1.807) is 31.4 Å². The molecule has 3 aliphatic rings. The highest BCUT2D eigenvalue weighted by atomic mass is 16.8. The molecule has 3 unspecified atom stereocenters. The molecule has 23 heavy (non-hydrogen) atoms. The number of ether oxygens (including phenoxy) is 5. The third kappa shape index (κ3) is 2.37. The summed E-state index contributed by atoms with van der Waals surface area (Å²) in [6.45, 7) is 3.72. The maximum absolute atomic E-state index is 12.2. The maximum Gasteiger partial charge on any atom is 0.338 e. The third-order valence-electron chi connectivity index (χ3n) is 4.59. The summed E-state index contributed by atoms with van der Waals surface area (Å²) in [5.41, 5.74) is -0.139. The van der Waals surface area contributed by atoms with Crippen LogP contribution in [-0.2, 0) is 23.7 Å². The first-order valence-corrected chi connectivity index (χ1v) is 7.77. The molecule has 6 nitrogen and oxygen atoms in total. The van der Waals surface area contributed by atoms with E-state index in [1.165, 1.54) is 0 Å². The molecular weight excluding hydrogens is 300 g/mol. The number of carbonyl (C=O) groups excluding carboxylic acids is 1. The van der Waals surface area contributed by atoms with Crippen molar-refractivity contribution in [1.82, 2.24) is 0 Å². The number of benzene rings is 1. The van der Waals surface area contributed by atoms with Gasteiger partial charge in [0.05, 0.1) is 5.56 Å². The molecule has 0 radical (unpaired) electrons. The van der Waals surface area contributed by atoms with Gasteiger partial charge in [-0.25, -0.2) is 4.79 Å². The molecule has 6 heteroatoms. The molecule has 0 bridgehead atoms. The first-order chi connectivity index (χ1) is 11.0. The number of carbonyl (C=O) groups is 1. The van der Waals surface area contributed by atoms with E-state index in [0.717, 1.165) is 0 Å². The molecule has 1 aromatic carbocycles. The molecule has 1 spiro atoms. The molecule has 124 valence electrons. The average Bonchev–Trinajstić information content (AvgIpc) is 3.00. The summed E-state index contributed by atoms with van der Waals surface area (Å²) < 4.78 is 28.8. The Kier molecular flexibility index (Phi) is 3.29. The standard InChI is InChI=1S/C17H20O6/c1-16(2)21-12-13(22-16)17(23-15(12)19-3)9-11(17)20-14(18)10-7-5-4-6-8-10/h4-8,11-13,15H,9H2,1-3H3/t11-,12?,13?,15?,17+/m0/s1. The third-order valence-corrected chi connectivity index (χ3v) is 4.59. The first kappa shape index (κ1) is 15.1. The lowest BCUT2D eigenvalue weighted by Gasteiger charge is -2.23. The molecule has 4 rings (SSSR count). The summed E-state index contributed by atoms with van der Waals surface area (Å²) in [6.07, 6.45) is -0.875. The van der Waals surface area contributed by atoms with Crippen molar-refractivity contribution in [2.24, 2.45) is 0 Å². The Bertz CT molecular complexity index is 615. The van der Waals surface area contributed by atoms with Gasteiger partial charge in [0.1, 0.15) is 23.9 Å². The van der Waals surface area contributed by atoms with Gasteiger partial charge in [0, 0.05) is 13.5 Å². The summed E-state index contributed by atoms with van der Waals surface area (Å²) in [4.78, 5) is 12.2. The van der Waals surface area contributed by atoms with Crippen molar-refractivity contribution in [3.05, 3.63) is 35.9 Å². The molecule has 1 aliphatic carbocycles. The van der Waals surface area contributed by atoms with E-state index in [9.17, 15) is 4.79 Å². The lowest BCUT2D eigenvalue weighted by molar-refractivity contribution is -0.236. The van der Waals surface area contributed by atoms with Crippen LogP contribution in [0.25, 0.3) is 0 Å². The molecule has 3 fully saturated rings. The number of hydrogen-bond acceptors (Lipinski definition) is 6. The zero-order valence-corrected chi connectivity index (χ0v) is 13.4. The summed E-state index contributed by atoms with van der Waals surface area (Å²) in [7, 11) is 1.57. The van der Waals surface area contributed by atoms with Gasteiger partial charge >= 0.3 is 5.97 Å². The summed E-state index contributed by atoms with van der Waals surface area (Å²) in [5, 5.41) is 0. The van der Waals surface area contributed by atoms with Gasteiger partial charge < -0.3 is 23.7 Å². The van der Waals surface area contributed by atoms with E-state index in [2.05, 4.69) is 0 Å². The Morgan fingerprint density at radius 3 is 2.61 bits per heavy atom. The van der Waals surface area contributed by atoms with Crippen LogP contribution in [0.3, 0.4) is 0 Å². The lowest BCUT2D eigenvalue weighted by atomic mass is 10.1. The Morgan fingerprint density at radius 1 is 1.17 bits per heavy atom. The van der Waals surface area contributed by atoms with Crippen LogP contribution in [0.2, 0.25) is 0 Å². The molecule has 2 heterocycles. The topological polar surface area (TPSA) is 63.2 Å². The van der Waals surface area contributed by atoms with Crippen molar-refractivity contribution in [3.8, 4) is 0 Å². The van der Waals surface area contributed by atoms with Crippen LogP contribution >= 0.6 is 0 Å². The number of fused-ring (bicyclic) bond motifs is 2. The van der Waals surface area contributed by atoms with Gasteiger partial charge in [-0.05, 0) is 26.0 Å². The van der Waals surface area contributed by atoms with Gasteiger partial charge in [-0.2, -0.15) is 0 Å². The second kappa shape index (κ2) is 5.01. The average molecular weight is 320 g/mol. The van der Waals surface area contributed by atoms with Crippen molar-refractivity contribution >= 4 is 5.97 Å². The van der Waals surface area contributed by atoms with Gasteiger partial charge in [-0.3, -0.25) is 0 Å². The number of rotatable bonds is 3. The molecule has 5 atom stereocenters. The van der Waals surface area contributed by atoms with Crippen LogP contribution in [0.15, 0.2) is 30.3 Å². The first-order valence-electron chi connectivity index (χ1n) is 7.77. The van der Waals surface area contributed by atoms with E-state index >= 15 is 0 Å². The largest absolute Gasteiger partial charge is 0.455 e. The Hall–Kier alpha value is -1.47. The fourth-order valence-corrected chi connectivity index (χ4v) is 3.47. The fraction of sp³-hybridized carbons (Fsp3) is 0.588. The number of methoxy groups -OCH3 is 1. The quantitative estimate of drug-likeness (QED) is 0.793. The highest BCUT2D eigenvalue weighted by Gasteiger charge is 2.75. The van der Waals surface area contributed by atoms with Crippen molar-refractivity contribution in [2.45, 2.75) is 56.3 Å². The van der Waals surface area contributed by atoms with E-state index < -0.39 is 17.7 Å². The highest BCUT2D eigenvalue weighted by Crippen LogP contribution is 2.57. The smallest absolute Gasteiger partial charge is 0.338 e. The van der Waals surface area contributed by atoms with E-state index in [0.29, 0.717) is 12.0 Å². The molecule has 2 aliphatic heterocycles. The van der Waals surface area contributed by atoms with Gasteiger partial charge in [-0.1, -0.05) is 18.2 Å². The SMILES string of the molecule is COC1O[C@@]2(C[C@@H]2OC(=O)c2ccccc2)C2OC(C)(C)OC12. The fourth-order valence-electron chi connectivity index (χ4n) is 3.47. The van der Waals surface area contributed by atoms with Crippen molar-refractivity contribution in [2.75, 3.05) is 7.11 Å². The van der Waals surface area contributed by atoms with Crippen molar-refractivity contribution in [3.63, 3.8) is 0 Å². The second-order valence-electron chi connectivity index (χ2n) is 6.66. The van der Waals surface area contributed by atoms with Crippen LogP contribution in [0.5, 0.6) is 0 Å². The zero-order valence-electron chi connectivity index (χ0n) is 13.4. The minimum absolute atomic E-state index is 0.295. The van der Waals surface area contributed by atoms with Gasteiger partial charge in [0.15, 0.2) is 12.1 Å². The normalized spacial score (nSPS) is 40.1. The lowest BCUT2D eigenvalue weighted by Crippen LogP contribution is -2.35. The van der Waals surface area contributed by atoms with Crippen LogP contribution < -0.4 is 0 Å². The monoisotopic (exact) mass is 320 g/mol. The van der Waals surface area contributed by atoms with Crippen molar-refractivity contribution < 1.29 is 28.5 Å². The van der Waals surface area contributed by atoms with Crippen LogP contribution in [0.1, 0.15) is 30.6 Å². The minimum atomic E-state index is -0.695. The molecule has 2 saturated heterocycles. The van der Waals surface area contributed by atoms with Crippen LogP contribution in [0.4, 0.5) is 0 Å². The predicted octanol–water partition coefficient (Wildman–Crippen LogP) is 1.88. The summed E-state index contributed by atoms with van der Waals surface area (Å²) in [6, 6.07) is 8.92. The van der Waals surface area contributed by atoms with Gasteiger partial charge in [-0.15, -0.1) is 0 Å². The Balaban J connectivity index is 1.49. The van der Waals surface area contributed by atoms with E-state index in [1.807, 2.05) is 19.9 Å². The van der Waals surface area contributed by atoms with Crippen LogP contribution in [0, 0.1) is 0 Å². The Labute approximate surface area is 134 Å². The Morgan fingerprint density at radius 2 is 1.91 bits per heavy atom. The second-order valence-corrected chi connectivity index (χ2v) is 6.66. The molecule has 1 aromatic rings. The van der Waals surface area contributed by atoms with Gasteiger partial charge in [0.25, 0.3) is 0 Å². The molecule has 0 N–H and O–H groups in total. The van der Waals surface area contributed by atoms with Gasteiger partial charge in [0.2, 0.25) is 0 Å².